The Labute approximate surface area is 158 Å². The van der Waals surface area contributed by atoms with E-state index in [1.54, 1.807) is 6.20 Å². The number of ketones is 1. The Balaban J connectivity index is 1.51. The molecular formula is C23H21N3O. The summed E-state index contributed by atoms with van der Waals surface area (Å²) in [4.78, 5) is 24.3. The van der Waals surface area contributed by atoms with Crippen molar-refractivity contribution in [3.05, 3.63) is 83.2 Å². The molecule has 2 heterocycles. The molecular weight excluding hydrogens is 334 g/mol. The number of hydrogen-bond donors (Lipinski definition) is 0. The van der Waals surface area contributed by atoms with Crippen molar-refractivity contribution >= 4 is 17.4 Å². The van der Waals surface area contributed by atoms with Gasteiger partial charge in [0.15, 0.2) is 5.78 Å². The number of anilines is 2. The minimum Gasteiger partial charge on any atom is -0.310 e. The van der Waals surface area contributed by atoms with Gasteiger partial charge in [0.25, 0.3) is 0 Å². The van der Waals surface area contributed by atoms with E-state index in [9.17, 15) is 4.79 Å². The van der Waals surface area contributed by atoms with Gasteiger partial charge in [-0.1, -0.05) is 48.5 Å². The summed E-state index contributed by atoms with van der Waals surface area (Å²) in [6.45, 7) is 0.909. The Kier molecular flexibility index (Phi) is 3.97. The van der Waals surface area contributed by atoms with Crippen molar-refractivity contribution in [3.8, 4) is 0 Å². The number of rotatable bonds is 2. The maximum Gasteiger partial charge on any atom is 0.230 e. The van der Waals surface area contributed by atoms with E-state index in [2.05, 4.69) is 46.3 Å². The quantitative estimate of drug-likeness (QED) is 0.680. The Morgan fingerprint density at radius 1 is 0.963 bits per heavy atom. The summed E-state index contributed by atoms with van der Waals surface area (Å²) in [5.74, 6) is 1.06. The molecule has 1 aliphatic carbocycles. The molecule has 5 rings (SSSR count). The highest BCUT2D eigenvalue weighted by atomic mass is 16.1. The van der Waals surface area contributed by atoms with Gasteiger partial charge in [0, 0.05) is 24.8 Å². The minimum absolute atomic E-state index is 0.149. The summed E-state index contributed by atoms with van der Waals surface area (Å²) in [6.07, 6.45) is 5.23. The van der Waals surface area contributed by atoms with Crippen molar-refractivity contribution in [2.75, 3.05) is 11.4 Å². The summed E-state index contributed by atoms with van der Waals surface area (Å²) in [7, 11) is 0. The van der Waals surface area contributed by atoms with Crippen LogP contribution in [0, 0.1) is 0 Å². The largest absolute Gasteiger partial charge is 0.310 e. The van der Waals surface area contributed by atoms with Crippen molar-refractivity contribution < 1.29 is 4.79 Å². The molecule has 2 aromatic carbocycles. The Morgan fingerprint density at radius 3 is 2.67 bits per heavy atom. The fourth-order valence-electron chi connectivity index (χ4n) is 4.27. The van der Waals surface area contributed by atoms with E-state index in [1.807, 2.05) is 18.2 Å². The molecule has 0 saturated heterocycles. The van der Waals surface area contributed by atoms with Crippen LogP contribution in [0.5, 0.6) is 0 Å². The van der Waals surface area contributed by atoms with Crippen molar-refractivity contribution in [2.45, 2.75) is 31.6 Å². The molecule has 0 spiro atoms. The number of aromatic nitrogens is 2. The number of carbonyl (C=O) groups is 1. The van der Waals surface area contributed by atoms with Crippen molar-refractivity contribution in [2.24, 2.45) is 0 Å². The van der Waals surface area contributed by atoms with Gasteiger partial charge in [-0.25, -0.2) is 9.97 Å². The highest BCUT2D eigenvalue weighted by molar-refractivity contribution is 5.98. The van der Waals surface area contributed by atoms with Gasteiger partial charge in [0.2, 0.25) is 5.95 Å². The van der Waals surface area contributed by atoms with Gasteiger partial charge < -0.3 is 4.90 Å². The summed E-state index contributed by atoms with van der Waals surface area (Å²) >= 11 is 0. The Bertz CT molecular complexity index is 1000. The number of aryl methyl sites for hydroxylation is 1. The van der Waals surface area contributed by atoms with E-state index in [0.29, 0.717) is 17.9 Å². The van der Waals surface area contributed by atoms with Crippen LogP contribution < -0.4 is 4.90 Å². The highest BCUT2D eigenvalue weighted by Gasteiger charge is 2.29. The number of fused-ring (bicyclic) bond motifs is 2. The molecule has 1 unspecified atom stereocenters. The predicted molar refractivity (Wildman–Crippen MR) is 106 cm³/mol. The molecule has 1 atom stereocenters. The smallest absolute Gasteiger partial charge is 0.230 e. The van der Waals surface area contributed by atoms with Gasteiger partial charge in [0.05, 0.1) is 11.3 Å². The Morgan fingerprint density at radius 2 is 1.78 bits per heavy atom. The highest BCUT2D eigenvalue weighted by Crippen LogP contribution is 2.35. The van der Waals surface area contributed by atoms with Gasteiger partial charge in [-0.2, -0.15) is 0 Å². The number of para-hydroxylation sites is 1. The second-order valence-corrected chi connectivity index (χ2v) is 7.35. The number of nitrogens with zero attached hydrogens (tertiary/aromatic N) is 3. The standard InChI is InChI=1S/C23H21N3O/c27-22-14-18(16-7-2-1-3-8-16)13-20-19(22)15-24-23(25-20)26-12-6-10-17-9-4-5-11-21(17)26/h1-5,7-9,11,15,18H,6,10,12-14H2. The molecule has 134 valence electrons. The number of benzene rings is 2. The van der Waals surface area contributed by atoms with Gasteiger partial charge in [0.1, 0.15) is 0 Å². The zero-order valence-electron chi connectivity index (χ0n) is 15.1. The Hall–Kier alpha value is -3.01. The third-order valence-electron chi connectivity index (χ3n) is 5.65. The van der Waals surface area contributed by atoms with Crippen LogP contribution in [0.3, 0.4) is 0 Å². The van der Waals surface area contributed by atoms with Crippen LogP contribution in [0.2, 0.25) is 0 Å². The number of carbonyl (C=O) groups excluding carboxylic acids is 1. The SMILES string of the molecule is O=C1CC(c2ccccc2)Cc2nc(N3CCCc4ccccc43)ncc21. The molecule has 0 saturated carbocycles. The second kappa shape index (κ2) is 6.62. The first-order chi connectivity index (χ1) is 13.3. The molecule has 4 nitrogen and oxygen atoms in total. The summed E-state index contributed by atoms with van der Waals surface area (Å²) < 4.78 is 0. The average molecular weight is 355 g/mol. The lowest BCUT2D eigenvalue weighted by atomic mass is 9.82. The van der Waals surface area contributed by atoms with Gasteiger partial charge in [-0.15, -0.1) is 0 Å². The lowest BCUT2D eigenvalue weighted by Crippen LogP contribution is -2.28. The van der Waals surface area contributed by atoms with Crippen molar-refractivity contribution in [1.82, 2.24) is 9.97 Å². The van der Waals surface area contributed by atoms with E-state index in [-0.39, 0.29) is 11.7 Å². The lowest BCUT2D eigenvalue weighted by molar-refractivity contribution is 0.0962. The molecule has 0 bridgehead atoms. The average Bonchev–Trinajstić information content (AvgIpc) is 2.73. The zero-order valence-corrected chi connectivity index (χ0v) is 15.1. The normalized spacial score (nSPS) is 18.7. The maximum absolute atomic E-state index is 12.7. The van der Waals surface area contributed by atoms with Gasteiger partial charge in [-0.05, 0) is 42.4 Å². The first kappa shape index (κ1) is 16.2. The van der Waals surface area contributed by atoms with Crippen LogP contribution in [0.1, 0.15) is 45.9 Å². The molecule has 27 heavy (non-hydrogen) atoms. The maximum atomic E-state index is 12.7. The van der Waals surface area contributed by atoms with Crippen LogP contribution in [-0.4, -0.2) is 22.3 Å². The van der Waals surface area contributed by atoms with Gasteiger partial charge in [-0.3, -0.25) is 4.79 Å². The van der Waals surface area contributed by atoms with Crippen molar-refractivity contribution in [1.29, 1.82) is 0 Å². The molecule has 0 N–H and O–H groups in total. The van der Waals surface area contributed by atoms with Crippen molar-refractivity contribution in [3.63, 3.8) is 0 Å². The second-order valence-electron chi connectivity index (χ2n) is 7.35. The number of hydrogen-bond acceptors (Lipinski definition) is 4. The van der Waals surface area contributed by atoms with E-state index < -0.39 is 0 Å². The summed E-state index contributed by atoms with van der Waals surface area (Å²) in [5.41, 5.74) is 5.30. The summed E-state index contributed by atoms with van der Waals surface area (Å²) in [5, 5.41) is 0. The molecule has 3 aromatic rings. The van der Waals surface area contributed by atoms with Crippen LogP contribution in [0.4, 0.5) is 11.6 Å². The van der Waals surface area contributed by atoms with E-state index in [0.717, 1.165) is 31.5 Å². The zero-order chi connectivity index (χ0) is 18.2. The first-order valence-corrected chi connectivity index (χ1v) is 9.59. The van der Waals surface area contributed by atoms with Gasteiger partial charge >= 0.3 is 0 Å². The molecule has 0 fully saturated rings. The third-order valence-corrected chi connectivity index (χ3v) is 5.65. The number of Topliss-reactive ketones (excluding diaryl/α,β-unsaturated/α-hetero) is 1. The molecule has 0 radical (unpaired) electrons. The van der Waals surface area contributed by atoms with E-state index in [1.165, 1.54) is 16.8 Å². The van der Waals surface area contributed by atoms with E-state index >= 15 is 0 Å². The fraction of sp³-hybridized carbons (Fsp3) is 0.261. The van der Waals surface area contributed by atoms with E-state index in [4.69, 9.17) is 4.98 Å². The fourth-order valence-corrected chi connectivity index (χ4v) is 4.27. The van der Waals surface area contributed by atoms with Crippen LogP contribution in [0.15, 0.2) is 60.8 Å². The predicted octanol–water partition coefficient (Wildman–Crippen LogP) is 4.47. The molecule has 1 aliphatic heterocycles. The van der Waals surface area contributed by atoms with Crippen LogP contribution >= 0.6 is 0 Å². The minimum atomic E-state index is 0.149. The first-order valence-electron chi connectivity index (χ1n) is 9.59. The topological polar surface area (TPSA) is 46.1 Å². The molecule has 2 aliphatic rings. The molecule has 1 aromatic heterocycles. The monoisotopic (exact) mass is 355 g/mol. The van der Waals surface area contributed by atoms with Crippen LogP contribution in [0.25, 0.3) is 0 Å². The summed E-state index contributed by atoms with van der Waals surface area (Å²) in [6, 6.07) is 18.7. The lowest BCUT2D eigenvalue weighted by Gasteiger charge is -2.30. The van der Waals surface area contributed by atoms with Crippen LogP contribution in [-0.2, 0) is 12.8 Å². The third kappa shape index (κ3) is 2.91. The molecule has 0 amide bonds. The molecule has 4 heteroatoms.